The number of alkyl halides is 1. The minimum Gasteiger partial charge on any atom is -0.127 e. The van der Waals surface area contributed by atoms with Crippen LogP contribution in [0, 0.1) is 0 Å². The van der Waals surface area contributed by atoms with Crippen molar-refractivity contribution in [2.75, 3.05) is 0 Å². The molecule has 13 heavy (non-hydrogen) atoms. The lowest BCUT2D eigenvalue weighted by Gasteiger charge is -1.97. The van der Waals surface area contributed by atoms with Gasteiger partial charge in [-0.15, -0.1) is 22.9 Å². The lowest BCUT2D eigenvalue weighted by Crippen LogP contribution is -1.77. The van der Waals surface area contributed by atoms with Gasteiger partial charge >= 0.3 is 0 Å². The average molecular weight is 296 g/mol. The third kappa shape index (κ3) is 1.61. The zero-order chi connectivity index (χ0) is 9.42. The van der Waals surface area contributed by atoms with Crippen LogP contribution < -0.4 is 0 Å². The number of hydrogen-bond donors (Lipinski definition) is 0. The van der Waals surface area contributed by atoms with Crippen molar-refractivity contribution in [2.45, 2.75) is 5.88 Å². The van der Waals surface area contributed by atoms with E-state index in [2.05, 4.69) is 15.9 Å². The quantitative estimate of drug-likeness (QED) is 0.645. The molecule has 1 heterocycles. The fraction of sp³-hybridized carbons (Fsp3) is 0.111. The van der Waals surface area contributed by atoms with Gasteiger partial charge in [0.15, 0.2) is 0 Å². The predicted molar refractivity (Wildman–Crippen MR) is 64.1 cm³/mol. The molecular weight excluding hydrogens is 291 g/mol. The Bertz CT molecular complexity index is 450. The lowest BCUT2D eigenvalue weighted by atomic mass is 10.1. The zero-order valence-electron chi connectivity index (χ0n) is 6.48. The molecule has 2 aromatic rings. The molecule has 0 saturated heterocycles. The molecule has 0 amide bonds. The van der Waals surface area contributed by atoms with Crippen molar-refractivity contribution in [1.82, 2.24) is 0 Å². The maximum atomic E-state index is 6.13. The number of rotatable bonds is 1. The standard InChI is InChI=1S/C9H5BrCl2S/c10-9-8(12)7-5(4-11)2-1-3-6(7)13-9/h1-3H,4H2. The Morgan fingerprint density at radius 2 is 2.15 bits per heavy atom. The van der Waals surface area contributed by atoms with Crippen molar-refractivity contribution in [3.05, 3.63) is 32.6 Å². The fourth-order valence-corrected chi connectivity index (χ4v) is 3.47. The summed E-state index contributed by atoms with van der Waals surface area (Å²) in [7, 11) is 0. The van der Waals surface area contributed by atoms with Crippen molar-refractivity contribution >= 4 is 60.6 Å². The zero-order valence-corrected chi connectivity index (χ0v) is 10.4. The molecule has 0 N–H and O–H groups in total. The van der Waals surface area contributed by atoms with Gasteiger partial charge < -0.3 is 0 Å². The van der Waals surface area contributed by atoms with Crippen LogP contribution in [-0.4, -0.2) is 0 Å². The van der Waals surface area contributed by atoms with Gasteiger partial charge in [-0.1, -0.05) is 23.7 Å². The van der Waals surface area contributed by atoms with Crippen molar-refractivity contribution in [3.63, 3.8) is 0 Å². The Labute approximate surface area is 98.6 Å². The molecule has 0 saturated carbocycles. The van der Waals surface area contributed by atoms with Gasteiger partial charge in [0, 0.05) is 16.0 Å². The fourth-order valence-electron chi connectivity index (χ4n) is 1.26. The van der Waals surface area contributed by atoms with Crippen molar-refractivity contribution in [1.29, 1.82) is 0 Å². The number of hydrogen-bond acceptors (Lipinski definition) is 1. The first-order chi connectivity index (χ1) is 6.24. The molecule has 1 aromatic carbocycles. The molecule has 68 valence electrons. The first-order valence-electron chi connectivity index (χ1n) is 3.65. The highest BCUT2D eigenvalue weighted by molar-refractivity contribution is 9.11. The molecule has 0 aliphatic rings. The van der Waals surface area contributed by atoms with E-state index in [4.69, 9.17) is 23.2 Å². The van der Waals surface area contributed by atoms with E-state index in [0.29, 0.717) is 5.88 Å². The number of thiophene rings is 1. The van der Waals surface area contributed by atoms with Gasteiger partial charge in [0.05, 0.1) is 8.81 Å². The summed E-state index contributed by atoms with van der Waals surface area (Å²) in [6, 6.07) is 6.05. The molecule has 2 rings (SSSR count). The van der Waals surface area contributed by atoms with E-state index in [0.717, 1.165) is 19.8 Å². The van der Waals surface area contributed by atoms with E-state index in [1.54, 1.807) is 11.3 Å². The van der Waals surface area contributed by atoms with Crippen LogP contribution in [0.1, 0.15) is 5.56 Å². The van der Waals surface area contributed by atoms with Crippen LogP contribution in [0.4, 0.5) is 0 Å². The Hall–Kier alpha value is 0.240. The van der Waals surface area contributed by atoms with Crippen molar-refractivity contribution < 1.29 is 0 Å². The molecular formula is C9H5BrCl2S. The molecule has 0 fully saturated rings. The van der Waals surface area contributed by atoms with E-state index in [-0.39, 0.29) is 0 Å². The summed E-state index contributed by atoms with van der Waals surface area (Å²) in [6.45, 7) is 0. The number of benzene rings is 1. The van der Waals surface area contributed by atoms with Crippen LogP contribution in [0.5, 0.6) is 0 Å². The van der Waals surface area contributed by atoms with Crippen LogP contribution in [0.15, 0.2) is 22.0 Å². The Morgan fingerprint density at radius 1 is 1.38 bits per heavy atom. The van der Waals surface area contributed by atoms with Gasteiger partial charge in [0.2, 0.25) is 0 Å². The average Bonchev–Trinajstić information content (AvgIpc) is 2.43. The number of fused-ring (bicyclic) bond motifs is 1. The molecule has 0 aliphatic heterocycles. The highest BCUT2D eigenvalue weighted by Crippen LogP contribution is 2.40. The summed E-state index contributed by atoms with van der Waals surface area (Å²) in [5.74, 6) is 0.500. The molecule has 1 aromatic heterocycles. The molecule has 0 radical (unpaired) electrons. The second kappa shape index (κ2) is 3.77. The second-order valence-electron chi connectivity index (χ2n) is 2.61. The maximum absolute atomic E-state index is 6.13. The molecule has 4 heteroatoms. The Morgan fingerprint density at radius 3 is 2.85 bits per heavy atom. The lowest BCUT2D eigenvalue weighted by molar-refractivity contribution is 1.46. The smallest absolute Gasteiger partial charge is 0.0897 e. The van der Waals surface area contributed by atoms with Gasteiger partial charge in [-0.05, 0) is 27.6 Å². The van der Waals surface area contributed by atoms with Crippen molar-refractivity contribution in [2.24, 2.45) is 0 Å². The second-order valence-corrected chi connectivity index (χ2v) is 5.63. The van der Waals surface area contributed by atoms with Crippen LogP contribution in [0.2, 0.25) is 5.02 Å². The minimum absolute atomic E-state index is 0.500. The molecule has 0 atom stereocenters. The van der Waals surface area contributed by atoms with E-state index in [9.17, 15) is 0 Å². The van der Waals surface area contributed by atoms with Crippen molar-refractivity contribution in [3.8, 4) is 0 Å². The van der Waals surface area contributed by atoms with Gasteiger partial charge in [-0.3, -0.25) is 0 Å². The highest BCUT2D eigenvalue weighted by atomic mass is 79.9. The summed E-state index contributed by atoms with van der Waals surface area (Å²) in [4.78, 5) is 0. The summed E-state index contributed by atoms with van der Waals surface area (Å²) < 4.78 is 2.15. The predicted octanol–water partition coefficient (Wildman–Crippen LogP) is 5.06. The Kier molecular flexibility index (Phi) is 2.84. The third-order valence-electron chi connectivity index (χ3n) is 1.85. The van der Waals surface area contributed by atoms with E-state index in [1.807, 2.05) is 18.2 Å². The largest absolute Gasteiger partial charge is 0.127 e. The van der Waals surface area contributed by atoms with E-state index < -0.39 is 0 Å². The SMILES string of the molecule is ClCc1cccc2sc(Br)c(Cl)c12. The monoisotopic (exact) mass is 294 g/mol. The molecule has 0 unspecified atom stereocenters. The normalized spacial score (nSPS) is 11.0. The Balaban J connectivity index is 2.87. The third-order valence-corrected chi connectivity index (χ3v) is 4.68. The minimum atomic E-state index is 0.500. The maximum Gasteiger partial charge on any atom is 0.0897 e. The molecule has 0 bridgehead atoms. The first-order valence-corrected chi connectivity index (χ1v) is 6.17. The molecule has 0 nitrogen and oxygen atoms in total. The van der Waals surface area contributed by atoms with Gasteiger partial charge in [0.25, 0.3) is 0 Å². The van der Waals surface area contributed by atoms with E-state index >= 15 is 0 Å². The molecule has 0 spiro atoms. The number of halogens is 3. The summed E-state index contributed by atoms with van der Waals surface area (Å²) >= 11 is 17.0. The highest BCUT2D eigenvalue weighted by Gasteiger charge is 2.10. The summed E-state index contributed by atoms with van der Waals surface area (Å²) in [6.07, 6.45) is 0. The van der Waals surface area contributed by atoms with Crippen LogP contribution >= 0.6 is 50.5 Å². The van der Waals surface area contributed by atoms with Gasteiger partial charge in [0.1, 0.15) is 0 Å². The summed E-state index contributed by atoms with van der Waals surface area (Å²) in [5, 5.41) is 1.85. The van der Waals surface area contributed by atoms with Crippen LogP contribution in [0.3, 0.4) is 0 Å². The van der Waals surface area contributed by atoms with Crippen LogP contribution in [-0.2, 0) is 5.88 Å². The van der Waals surface area contributed by atoms with E-state index in [1.165, 1.54) is 4.70 Å². The van der Waals surface area contributed by atoms with Gasteiger partial charge in [-0.25, -0.2) is 0 Å². The first kappa shape index (κ1) is 9.78. The topological polar surface area (TPSA) is 0 Å². The molecule has 0 aliphatic carbocycles. The summed E-state index contributed by atoms with van der Waals surface area (Å²) in [5.41, 5.74) is 1.09. The van der Waals surface area contributed by atoms with Crippen LogP contribution in [0.25, 0.3) is 10.1 Å². The van der Waals surface area contributed by atoms with Gasteiger partial charge in [-0.2, -0.15) is 0 Å².